The molecule has 178 valence electrons. The number of aryl methyl sites for hydroxylation is 1. The van der Waals surface area contributed by atoms with Crippen LogP contribution in [0, 0.1) is 6.92 Å². The molecule has 0 atom stereocenters. The maximum absolute atomic E-state index is 12.4. The van der Waals surface area contributed by atoms with Crippen molar-refractivity contribution in [1.82, 2.24) is 4.98 Å². The van der Waals surface area contributed by atoms with Crippen molar-refractivity contribution < 1.29 is 14.3 Å². The molecule has 1 N–H and O–H groups in total. The fraction of sp³-hybridized carbons (Fsp3) is 0.111. The molecule has 0 fully saturated rings. The molecular weight excluding hydrogens is 503 g/mol. The number of aromatic nitrogens is 1. The quantitative estimate of drug-likeness (QED) is 0.240. The average molecular weight is 525 g/mol. The first kappa shape index (κ1) is 24.8. The van der Waals surface area contributed by atoms with Crippen LogP contribution in [0.2, 0.25) is 10.0 Å². The highest BCUT2D eigenvalue weighted by molar-refractivity contribution is 7.14. The third-order valence-corrected chi connectivity index (χ3v) is 6.51. The average Bonchev–Trinajstić information content (AvgIpc) is 3.30. The van der Waals surface area contributed by atoms with Crippen molar-refractivity contribution in [3.8, 4) is 22.8 Å². The number of benzene rings is 3. The Morgan fingerprint density at radius 2 is 1.91 bits per heavy atom. The van der Waals surface area contributed by atoms with Crippen LogP contribution >= 0.6 is 34.5 Å². The van der Waals surface area contributed by atoms with E-state index in [4.69, 9.17) is 32.7 Å². The molecule has 1 amide bonds. The van der Waals surface area contributed by atoms with Gasteiger partial charge in [-0.2, -0.15) is 0 Å². The number of nitrogens with zero attached hydrogens (tertiary/aromatic N) is 1. The standard InChI is InChI=1S/C27H22Cl2N2O3S/c1-17-5-3-4-6-19(17)15-34-24-11-7-18(13-25(24)33-2)8-12-26(32)31-27-30-23(16-35-27)21-10-9-20(28)14-22(21)29/h3-14,16H,15H2,1-2H3,(H,30,31,32)/b12-8+. The third-order valence-electron chi connectivity index (χ3n) is 5.20. The van der Waals surface area contributed by atoms with Gasteiger partial charge in [-0.1, -0.05) is 53.5 Å². The number of thiazole rings is 1. The Morgan fingerprint density at radius 3 is 2.69 bits per heavy atom. The topological polar surface area (TPSA) is 60.5 Å². The van der Waals surface area contributed by atoms with Gasteiger partial charge in [-0.3, -0.25) is 10.1 Å². The summed E-state index contributed by atoms with van der Waals surface area (Å²) in [6.45, 7) is 2.49. The van der Waals surface area contributed by atoms with Gasteiger partial charge in [0.15, 0.2) is 16.6 Å². The number of anilines is 1. The van der Waals surface area contributed by atoms with Crippen molar-refractivity contribution in [2.24, 2.45) is 0 Å². The molecule has 5 nitrogen and oxygen atoms in total. The van der Waals surface area contributed by atoms with Gasteiger partial charge in [0.1, 0.15) is 6.61 Å². The van der Waals surface area contributed by atoms with Gasteiger partial charge in [0.05, 0.1) is 17.8 Å². The second kappa shape index (κ2) is 11.4. The summed E-state index contributed by atoms with van der Waals surface area (Å²) in [4.78, 5) is 16.9. The van der Waals surface area contributed by atoms with E-state index >= 15 is 0 Å². The lowest BCUT2D eigenvalue weighted by Crippen LogP contribution is -2.07. The molecule has 4 aromatic rings. The first-order chi connectivity index (χ1) is 16.9. The number of amides is 1. The summed E-state index contributed by atoms with van der Waals surface area (Å²) < 4.78 is 11.4. The Hall–Kier alpha value is -3.32. The Morgan fingerprint density at radius 1 is 1.09 bits per heavy atom. The minimum absolute atomic E-state index is 0.299. The molecular formula is C27H22Cl2N2O3S. The molecule has 8 heteroatoms. The molecule has 0 radical (unpaired) electrons. The minimum Gasteiger partial charge on any atom is -0.493 e. The minimum atomic E-state index is -0.299. The number of nitrogens with one attached hydrogen (secondary N) is 1. The molecule has 4 rings (SSSR count). The Kier molecular flexibility index (Phi) is 8.08. The van der Waals surface area contributed by atoms with Crippen LogP contribution in [0.25, 0.3) is 17.3 Å². The van der Waals surface area contributed by atoms with E-state index in [1.807, 2.05) is 54.8 Å². The zero-order valence-electron chi connectivity index (χ0n) is 19.0. The van der Waals surface area contributed by atoms with Crippen molar-refractivity contribution in [3.05, 3.63) is 98.9 Å². The fourth-order valence-corrected chi connectivity index (χ4v) is 4.52. The molecule has 0 saturated heterocycles. The highest BCUT2D eigenvalue weighted by atomic mass is 35.5. The van der Waals surface area contributed by atoms with E-state index in [-0.39, 0.29) is 5.91 Å². The van der Waals surface area contributed by atoms with Crippen LogP contribution < -0.4 is 14.8 Å². The number of hydrogen-bond acceptors (Lipinski definition) is 5. The molecule has 0 spiro atoms. The van der Waals surface area contributed by atoms with Gasteiger partial charge in [-0.15, -0.1) is 11.3 Å². The largest absolute Gasteiger partial charge is 0.493 e. The monoisotopic (exact) mass is 524 g/mol. The number of methoxy groups -OCH3 is 1. The van der Waals surface area contributed by atoms with Crippen molar-refractivity contribution in [3.63, 3.8) is 0 Å². The lowest BCUT2D eigenvalue weighted by molar-refractivity contribution is -0.111. The van der Waals surface area contributed by atoms with Crippen LogP contribution in [-0.4, -0.2) is 18.0 Å². The number of rotatable bonds is 8. The summed E-state index contributed by atoms with van der Waals surface area (Å²) in [6.07, 6.45) is 3.15. The fourth-order valence-electron chi connectivity index (χ4n) is 3.31. The number of carbonyl (C=O) groups is 1. The summed E-state index contributed by atoms with van der Waals surface area (Å²) in [5.41, 5.74) is 4.50. The molecule has 0 aliphatic carbocycles. The second-order valence-corrected chi connectivity index (χ2v) is 9.31. The maximum atomic E-state index is 12.4. The summed E-state index contributed by atoms with van der Waals surface area (Å²) in [6, 6.07) is 18.8. The molecule has 35 heavy (non-hydrogen) atoms. The Bertz CT molecular complexity index is 1380. The van der Waals surface area contributed by atoms with Crippen LogP contribution in [0.4, 0.5) is 5.13 Å². The van der Waals surface area contributed by atoms with E-state index in [0.717, 1.165) is 16.7 Å². The lowest BCUT2D eigenvalue weighted by Gasteiger charge is -2.12. The van der Waals surface area contributed by atoms with Crippen molar-refractivity contribution in [2.45, 2.75) is 13.5 Å². The smallest absolute Gasteiger partial charge is 0.250 e. The summed E-state index contributed by atoms with van der Waals surface area (Å²) in [5, 5.41) is 6.12. The van der Waals surface area contributed by atoms with E-state index in [0.29, 0.717) is 39.0 Å². The van der Waals surface area contributed by atoms with Gasteiger partial charge in [0, 0.05) is 22.0 Å². The normalized spacial score (nSPS) is 11.0. The van der Waals surface area contributed by atoms with Gasteiger partial charge in [-0.05, 0) is 60.0 Å². The number of carbonyl (C=O) groups excluding carboxylic acids is 1. The van der Waals surface area contributed by atoms with E-state index in [1.54, 1.807) is 31.4 Å². The highest BCUT2D eigenvalue weighted by Gasteiger charge is 2.11. The summed E-state index contributed by atoms with van der Waals surface area (Å²) in [5.74, 6) is 0.922. The third kappa shape index (κ3) is 6.42. The zero-order valence-corrected chi connectivity index (χ0v) is 21.4. The van der Waals surface area contributed by atoms with Gasteiger partial charge in [0.25, 0.3) is 0 Å². The van der Waals surface area contributed by atoms with Crippen LogP contribution in [0.5, 0.6) is 11.5 Å². The molecule has 0 bridgehead atoms. The molecule has 0 aliphatic heterocycles. The van der Waals surface area contributed by atoms with Crippen molar-refractivity contribution >= 4 is 51.7 Å². The van der Waals surface area contributed by atoms with Crippen molar-refractivity contribution in [2.75, 3.05) is 12.4 Å². The van der Waals surface area contributed by atoms with Gasteiger partial charge in [-0.25, -0.2) is 4.98 Å². The Labute approximate surface area is 218 Å². The van der Waals surface area contributed by atoms with Gasteiger partial charge in [0.2, 0.25) is 5.91 Å². The maximum Gasteiger partial charge on any atom is 0.250 e. The first-order valence-electron chi connectivity index (χ1n) is 10.7. The predicted octanol–water partition coefficient (Wildman–Crippen LogP) is 7.66. The van der Waals surface area contributed by atoms with E-state index in [9.17, 15) is 4.79 Å². The first-order valence-corrected chi connectivity index (χ1v) is 12.3. The lowest BCUT2D eigenvalue weighted by atomic mass is 10.1. The van der Waals surface area contributed by atoms with E-state index in [2.05, 4.69) is 10.3 Å². The Balaban J connectivity index is 1.39. The van der Waals surface area contributed by atoms with Crippen molar-refractivity contribution in [1.29, 1.82) is 0 Å². The van der Waals surface area contributed by atoms with Crippen LogP contribution in [-0.2, 0) is 11.4 Å². The molecule has 0 unspecified atom stereocenters. The number of halogens is 2. The number of hydrogen-bond donors (Lipinski definition) is 1. The summed E-state index contributed by atoms with van der Waals surface area (Å²) >= 11 is 13.5. The number of ether oxygens (including phenoxy) is 2. The van der Waals surface area contributed by atoms with Crippen LogP contribution in [0.15, 0.2) is 72.1 Å². The van der Waals surface area contributed by atoms with E-state index < -0.39 is 0 Å². The molecule has 0 saturated carbocycles. The predicted molar refractivity (Wildman–Crippen MR) is 144 cm³/mol. The molecule has 1 heterocycles. The SMILES string of the molecule is COc1cc(/C=C/C(=O)Nc2nc(-c3ccc(Cl)cc3Cl)cs2)ccc1OCc1ccccc1C. The van der Waals surface area contributed by atoms with E-state index in [1.165, 1.54) is 23.0 Å². The van der Waals surface area contributed by atoms with Gasteiger partial charge < -0.3 is 9.47 Å². The molecule has 1 aromatic heterocycles. The zero-order chi connectivity index (χ0) is 24.8. The summed E-state index contributed by atoms with van der Waals surface area (Å²) in [7, 11) is 1.59. The molecule has 3 aromatic carbocycles. The highest BCUT2D eigenvalue weighted by Crippen LogP contribution is 2.32. The molecule has 0 aliphatic rings. The second-order valence-electron chi connectivity index (χ2n) is 7.61. The van der Waals surface area contributed by atoms with Crippen LogP contribution in [0.1, 0.15) is 16.7 Å². The van der Waals surface area contributed by atoms with Gasteiger partial charge >= 0.3 is 0 Å². The van der Waals surface area contributed by atoms with Crippen LogP contribution in [0.3, 0.4) is 0 Å².